The van der Waals surface area contributed by atoms with Crippen molar-refractivity contribution in [2.45, 2.75) is 32.9 Å². The van der Waals surface area contributed by atoms with Crippen LogP contribution in [0.2, 0.25) is 0 Å². The Morgan fingerprint density at radius 3 is 3.16 bits per heavy atom. The Labute approximate surface area is 116 Å². The van der Waals surface area contributed by atoms with Crippen LogP contribution in [-0.2, 0) is 11.3 Å². The van der Waals surface area contributed by atoms with E-state index in [2.05, 4.69) is 34.3 Å². The molecule has 106 valence electrons. The molecule has 1 unspecified atom stereocenters. The lowest BCUT2D eigenvalue weighted by molar-refractivity contribution is -0.0114. The molecule has 0 radical (unpaired) electrons. The highest BCUT2D eigenvalue weighted by Gasteiger charge is 2.22. The highest BCUT2D eigenvalue weighted by atomic mass is 16.5. The lowest BCUT2D eigenvalue weighted by atomic mass is 10.2. The number of pyridine rings is 1. The normalized spacial score (nSPS) is 20.6. The quantitative estimate of drug-likeness (QED) is 0.791. The first-order valence-electron chi connectivity index (χ1n) is 7.24. The molecule has 1 aromatic rings. The van der Waals surface area contributed by atoms with Crippen LogP contribution in [0.5, 0.6) is 0 Å². The van der Waals surface area contributed by atoms with Crippen LogP contribution in [0, 0.1) is 6.92 Å². The fourth-order valence-electron chi connectivity index (χ4n) is 2.43. The number of aryl methyl sites for hydroxylation is 1. The second kappa shape index (κ2) is 7.58. The number of morpholine rings is 1. The number of hydrogen-bond donors (Lipinski definition) is 1. The lowest BCUT2D eigenvalue weighted by Crippen LogP contribution is -2.50. The van der Waals surface area contributed by atoms with Gasteiger partial charge in [-0.25, -0.2) is 0 Å². The summed E-state index contributed by atoms with van der Waals surface area (Å²) in [6.07, 6.45) is 1.17. The maximum absolute atomic E-state index is 5.60. The molecule has 1 aromatic heterocycles. The van der Waals surface area contributed by atoms with Crippen LogP contribution in [0.15, 0.2) is 18.2 Å². The van der Waals surface area contributed by atoms with E-state index in [1.54, 1.807) is 0 Å². The summed E-state index contributed by atoms with van der Waals surface area (Å²) in [5.74, 6) is 0. The van der Waals surface area contributed by atoms with Gasteiger partial charge < -0.3 is 10.1 Å². The summed E-state index contributed by atoms with van der Waals surface area (Å²) in [7, 11) is 0. The second-order valence-corrected chi connectivity index (χ2v) is 5.17. The van der Waals surface area contributed by atoms with E-state index in [4.69, 9.17) is 4.74 Å². The summed E-state index contributed by atoms with van der Waals surface area (Å²) in [5, 5.41) is 3.49. The molecule has 2 heterocycles. The van der Waals surface area contributed by atoms with Crippen molar-refractivity contribution in [2.75, 3.05) is 32.8 Å². The van der Waals surface area contributed by atoms with Crippen LogP contribution in [-0.4, -0.2) is 48.8 Å². The van der Waals surface area contributed by atoms with Crippen LogP contribution in [0.1, 0.15) is 24.7 Å². The maximum Gasteiger partial charge on any atom is 0.0635 e. The van der Waals surface area contributed by atoms with E-state index >= 15 is 0 Å². The zero-order valence-electron chi connectivity index (χ0n) is 12.1. The van der Waals surface area contributed by atoms with Crippen molar-refractivity contribution >= 4 is 0 Å². The molecule has 1 atom stereocenters. The van der Waals surface area contributed by atoms with Crippen molar-refractivity contribution in [1.29, 1.82) is 0 Å². The van der Waals surface area contributed by atoms with Crippen molar-refractivity contribution in [3.63, 3.8) is 0 Å². The van der Waals surface area contributed by atoms with Crippen LogP contribution in [0.4, 0.5) is 0 Å². The third-order valence-electron chi connectivity index (χ3n) is 3.47. The number of nitrogens with zero attached hydrogens (tertiary/aromatic N) is 2. The Hall–Kier alpha value is -0.970. The van der Waals surface area contributed by atoms with E-state index in [9.17, 15) is 0 Å². The molecule has 2 rings (SSSR count). The number of hydrogen-bond acceptors (Lipinski definition) is 4. The molecular weight excluding hydrogens is 238 g/mol. The average molecular weight is 263 g/mol. The molecule has 1 aliphatic heterocycles. The van der Waals surface area contributed by atoms with E-state index in [1.165, 1.54) is 6.42 Å². The zero-order valence-corrected chi connectivity index (χ0v) is 12.1. The molecule has 0 aromatic carbocycles. The van der Waals surface area contributed by atoms with Gasteiger partial charge in [-0.3, -0.25) is 9.88 Å². The first-order chi connectivity index (χ1) is 9.29. The van der Waals surface area contributed by atoms with Crippen molar-refractivity contribution in [3.05, 3.63) is 29.6 Å². The van der Waals surface area contributed by atoms with Gasteiger partial charge in [-0.1, -0.05) is 13.0 Å². The van der Waals surface area contributed by atoms with Gasteiger partial charge in [0.2, 0.25) is 0 Å². The smallest absolute Gasteiger partial charge is 0.0635 e. The molecule has 4 nitrogen and oxygen atoms in total. The Kier molecular flexibility index (Phi) is 5.76. The van der Waals surface area contributed by atoms with Gasteiger partial charge in [0.15, 0.2) is 0 Å². The van der Waals surface area contributed by atoms with Gasteiger partial charge in [0, 0.05) is 31.4 Å². The van der Waals surface area contributed by atoms with Gasteiger partial charge in [-0.2, -0.15) is 0 Å². The molecule has 1 N–H and O–H groups in total. The summed E-state index contributed by atoms with van der Waals surface area (Å²) in [6.45, 7) is 9.88. The number of nitrogens with one attached hydrogen (secondary N) is 1. The second-order valence-electron chi connectivity index (χ2n) is 5.17. The molecule has 1 fully saturated rings. The Balaban J connectivity index is 1.91. The SMILES string of the molecule is CCCNCC1COCCN1Cc1cccc(C)n1. The summed E-state index contributed by atoms with van der Waals surface area (Å²) in [6, 6.07) is 6.70. The molecule has 0 saturated carbocycles. The molecule has 1 saturated heterocycles. The average Bonchev–Trinajstić information content (AvgIpc) is 2.41. The fourth-order valence-corrected chi connectivity index (χ4v) is 2.43. The fraction of sp³-hybridized carbons (Fsp3) is 0.667. The minimum atomic E-state index is 0.461. The van der Waals surface area contributed by atoms with Crippen LogP contribution < -0.4 is 5.32 Å². The number of rotatable bonds is 6. The molecule has 0 spiro atoms. The van der Waals surface area contributed by atoms with Crippen molar-refractivity contribution < 1.29 is 4.74 Å². The third kappa shape index (κ3) is 4.56. The third-order valence-corrected chi connectivity index (χ3v) is 3.47. The first kappa shape index (κ1) is 14.4. The Morgan fingerprint density at radius 1 is 1.47 bits per heavy atom. The predicted octanol–water partition coefficient (Wildman–Crippen LogP) is 1.59. The van der Waals surface area contributed by atoms with Gasteiger partial charge in [-0.15, -0.1) is 0 Å². The van der Waals surface area contributed by atoms with Gasteiger partial charge in [0.1, 0.15) is 0 Å². The summed E-state index contributed by atoms with van der Waals surface area (Å²) in [5.41, 5.74) is 2.24. The van der Waals surface area contributed by atoms with Crippen LogP contribution in [0.25, 0.3) is 0 Å². The molecule has 19 heavy (non-hydrogen) atoms. The minimum absolute atomic E-state index is 0.461. The molecule has 4 heteroatoms. The molecular formula is C15H25N3O. The van der Waals surface area contributed by atoms with E-state index in [0.717, 1.165) is 50.8 Å². The van der Waals surface area contributed by atoms with Gasteiger partial charge in [0.25, 0.3) is 0 Å². The number of aromatic nitrogens is 1. The molecule has 1 aliphatic rings. The van der Waals surface area contributed by atoms with Gasteiger partial charge in [0.05, 0.1) is 18.9 Å². The lowest BCUT2D eigenvalue weighted by Gasteiger charge is -2.35. The summed E-state index contributed by atoms with van der Waals surface area (Å²) in [4.78, 5) is 7.08. The van der Waals surface area contributed by atoms with E-state index in [-0.39, 0.29) is 0 Å². The van der Waals surface area contributed by atoms with Crippen molar-refractivity contribution in [1.82, 2.24) is 15.2 Å². The standard InChI is InChI=1S/C15H25N3O/c1-3-7-16-10-15-12-19-9-8-18(15)11-14-6-4-5-13(2)17-14/h4-6,15-16H,3,7-12H2,1-2H3. The van der Waals surface area contributed by atoms with E-state index < -0.39 is 0 Å². The first-order valence-corrected chi connectivity index (χ1v) is 7.24. The summed E-state index contributed by atoms with van der Waals surface area (Å²) >= 11 is 0. The Bertz CT molecular complexity index is 383. The van der Waals surface area contributed by atoms with E-state index in [0.29, 0.717) is 6.04 Å². The highest BCUT2D eigenvalue weighted by molar-refractivity contribution is 5.10. The highest BCUT2D eigenvalue weighted by Crippen LogP contribution is 2.11. The largest absolute Gasteiger partial charge is 0.378 e. The predicted molar refractivity (Wildman–Crippen MR) is 77.2 cm³/mol. The van der Waals surface area contributed by atoms with Crippen LogP contribution in [0.3, 0.4) is 0 Å². The summed E-state index contributed by atoms with van der Waals surface area (Å²) < 4.78 is 5.60. The van der Waals surface area contributed by atoms with Crippen molar-refractivity contribution in [3.8, 4) is 0 Å². The zero-order chi connectivity index (χ0) is 13.5. The van der Waals surface area contributed by atoms with Gasteiger partial charge >= 0.3 is 0 Å². The molecule has 0 bridgehead atoms. The van der Waals surface area contributed by atoms with Crippen molar-refractivity contribution in [2.24, 2.45) is 0 Å². The van der Waals surface area contributed by atoms with E-state index in [1.807, 2.05) is 13.0 Å². The minimum Gasteiger partial charge on any atom is -0.378 e. The monoisotopic (exact) mass is 263 g/mol. The number of ether oxygens (including phenoxy) is 1. The van der Waals surface area contributed by atoms with Crippen LogP contribution >= 0.6 is 0 Å². The molecule has 0 aliphatic carbocycles. The molecule has 0 amide bonds. The van der Waals surface area contributed by atoms with Gasteiger partial charge in [-0.05, 0) is 32.0 Å². The Morgan fingerprint density at radius 2 is 2.37 bits per heavy atom. The maximum atomic E-state index is 5.60. The topological polar surface area (TPSA) is 37.4 Å².